The number of nitrogens with zero attached hydrogens (tertiary/aromatic N) is 4. The van der Waals surface area contributed by atoms with Gasteiger partial charge in [0.05, 0.1) is 5.25 Å². The first-order valence-electron chi connectivity index (χ1n) is 8.67. The topological polar surface area (TPSA) is 51.0 Å². The summed E-state index contributed by atoms with van der Waals surface area (Å²) in [6.45, 7) is 5.75. The fourth-order valence-corrected chi connectivity index (χ4v) is 4.22. The highest BCUT2D eigenvalue weighted by molar-refractivity contribution is 8.00. The number of ketones is 1. The van der Waals surface area contributed by atoms with Crippen LogP contribution in [-0.2, 0) is 23.4 Å². The molecule has 2 aromatic rings. The number of thioether (sulfide) groups is 1. The van der Waals surface area contributed by atoms with Crippen molar-refractivity contribution in [1.82, 2.24) is 14.8 Å². The maximum Gasteiger partial charge on any atom is 0.451 e. The van der Waals surface area contributed by atoms with Crippen LogP contribution in [0.3, 0.4) is 0 Å². The Morgan fingerprint density at radius 2 is 1.86 bits per heavy atom. The molecule has 0 saturated carbocycles. The van der Waals surface area contributed by atoms with E-state index in [2.05, 4.69) is 10.2 Å². The van der Waals surface area contributed by atoms with Gasteiger partial charge in [0.1, 0.15) is 0 Å². The van der Waals surface area contributed by atoms with Crippen molar-refractivity contribution in [2.24, 2.45) is 7.05 Å². The van der Waals surface area contributed by atoms with E-state index in [1.165, 1.54) is 7.05 Å². The van der Waals surface area contributed by atoms with E-state index >= 15 is 0 Å². The molecule has 1 unspecified atom stereocenters. The number of allylic oxidation sites excluding steroid dienone is 2. The van der Waals surface area contributed by atoms with Gasteiger partial charge in [-0.25, -0.2) is 0 Å². The van der Waals surface area contributed by atoms with Gasteiger partial charge in [-0.3, -0.25) is 4.79 Å². The third-order valence-corrected chi connectivity index (χ3v) is 6.14. The van der Waals surface area contributed by atoms with Gasteiger partial charge in [-0.2, -0.15) is 13.2 Å². The molecule has 1 atom stereocenters. The highest BCUT2D eigenvalue weighted by Gasteiger charge is 2.40. The van der Waals surface area contributed by atoms with Gasteiger partial charge in [-0.1, -0.05) is 43.8 Å². The number of para-hydroxylation sites is 1. The summed E-state index contributed by atoms with van der Waals surface area (Å²) < 4.78 is 39.5. The van der Waals surface area contributed by atoms with E-state index in [1.807, 2.05) is 50.1 Å². The van der Waals surface area contributed by atoms with Crippen molar-refractivity contribution in [3.05, 3.63) is 47.4 Å². The lowest BCUT2D eigenvalue weighted by Crippen LogP contribution is -2.25. The average Bonchev–Trinajstić information content (AvgIpc) is 3.06. The van der Waals surface area contributed by atoms with Crippen molar-refractivity contribution >= 4 is 23.2 Å². The summed E-state index contributed by atoms with van der Waals surface area (Å²) in [6, 6.07) is 7.94. The molecule has 0 bridgehead atoms. The van der Waals surface area contributed by atoms with Crippen LogP contribution < -0.4 is 4.90 Å². The molecule has 150 valence electrons. The number of fused-ring (bicyclic) bond motifs is 1. The van der Waals surface area contributed by atoms with E-state index in [0.29, 0.717) is 0 Å². The van der Waals surface area contributed by atoms with Gasteiger partial charge < -0.3 is 9.47 Å². The molecular weight excluding hydrogens is 389 g/mol. The second-order valence-corrected chi connectivity index (χ2v) is 8.56. The molecular formula is C19H21F3N4OS. The van der Waals surface area contributed by atoms with Crippen LogP contribution in [0.4, 0.5) is 18.9 Å². The first-order chi connectivity index (χ1) is 12.9. The van der Waals surface area contributed by atoms with Crippen LogP contribution in [0.2, 0.25) is 0 Å². The standard InChI is InChI=1S/C19H21F3N4OS/c1-11(28-17-24-23-16(26(17)5)19(20,21)22)14(27)10-15-18(2,3)12-8-6-7-9-13(12)25(15)4/h6-11H,1-5H3. The lowest BCUT2D eigenvalue weighted by Gasteiger charge is -2.24. The number of halogens is 3. The van der Waals surface area contributed by atoms with Gasteiger partial charge in [0.25, 0.3) is 0 Å². The van der Waals surface area contributed by atoms with Crippen LogP contribution in [0.5, 0.6) is 0 Å². The van der Waals surface area contributed by atoms with E-state index in [4.69, 9.17) is 0 Å². The molecule has 1 aliphatic rings. The lowest BCUT2D eigenvalue weighted by atomic mass is 9.83. The number of rotatable bonds is 4. The molecule has 2 heterocycles. The zero-order chi connectivity index (χ0) is 20.9. The van der Waals surface area contributed by atoms with Crippen LogP contribution in [0, 0.1) is 0 Å². The molecule has 1 aromatic heterocycles. The Kier molecular flexibility index (Phi) is 5.07. The van der Waals surface area contributed by atoms with Crippen molar-refractivity contribution in [1.29, 1.82) is 0 Å². The summed E-state index contributed by atoms with van der Waals surface area (Å²) in [6.07, 6.45) is -3.00. The van der Waals surface area contributed by atoms with Crippen LogP contribution in [0.15, 0.2) is 41.2 Å². The van der Waals surface area contributed by atoms with Gasteiger partial charge in [0.15, 0.2) is 10.9 Å². The molecule has 0 spiro atoms. The summed E-state index contributed by atoms with van der Waals surface area (Å²) in [5, 5.41) is 6.22. The monoisotopic (exact) mass is 410 g/mol. The molecule has 0 saturated heterocycles. The van der Waals surface area contributed by atoms with Gasteiger partial charge in [0.2, 0.25) is 5.82 Å². The highest BCUT2D eigenvalue weighted by atomic mass is 32.2. The lowest BCUT2D eigenvalue weighted by molar-refractivity contribution is -0.147. The third-order valence-electron chi connectivity index (χ3n) is 4.99. The normalized spacial score (nSPS) is 18.4. The third kappa shape index (κ3) is 3.43. The predicted molar refractivity (Wildman–Crippen MR) is 102 cm³/mol. The molecule has 0 radical (unpaired) electrons. The molecule has 0 aliphatic carbocycles. The first kappa shape index (κ1) is 20.4. The number of anilines is 1. The van der Waals surface area contributed by atoms with Crippen molar-refractivity contribution in [2.45, 2.75) is 42.8 Å². The van der Waals surface area contributed by atoms with E-state index in [9.17, 15) is 18.0 Å². The summed E-state index contributed by atoms with van der Waals surface area (Å²) in [5.41, 5.74) is 2.66. The van der Waals surface area contributed by atoms with Gasteiger partial charge in [-0.05, 0) is 18.6 Å². The number of hydrogen-bond donors (Lipinski definition) is 0. The number of carbonyl (C=O) groups excluding carboxylic acids is 1. The SMILES string of the molecule is CC(Sc1nnc(C(F)(F)F)n1C)C(=O)C=C1N(C)c2ccccc2C1(C)C. The molecule has 28 heavy (non-hydrogen) atoms. The van der Waals surface area contributed by atoms with Crippen molar-refractivity contribution < 1.29 is 18.0 Å². The summed E-state index contributed by atoms with van der Waals surface area (Å²) in [4.78, 5) is 14.8. The van der Waals surface area contributed by atoms with Crippen molar-refractivity contribution in [3.8, 4) is 0 Å². The fourth-order valence-electron chi connectivity index (χ4n) is 3.39. The molecule has 0 N–H and O–H groups in total. The van der Waals surface area contributed by atoms with E-state index < -0.39 is 17.3 Å². The molecule has 3 rings (SSSR count). The van der Waals surface area contributed by atoms with Crippen LogP contribution in [0.25, 0.3) is 0 Å². The molecule has 0 amide bonds. The molecule has 9 heteroatoms. The largest absolute Gasteiger partial charge is 0.451 e. The molecule has 5 nitrogen and oxygen atoms in total. The summed E-state index contributed by atoms with van der Waals surface area (Å²) in [7, 11) is 3.15. The highest BCUT2D eigenvalue weighted by Crippen LogP contribution is 2.46. The zero-order valence-electron chi connectivity index (χ0n) is 16.2. The quantitative estimate of drug-likeness (QED) is 0.559. The second-order valence-electron chi connectivity index (χ2n) is 7.26. The predicted octanol–water partition coefficient (Wildman–Crippen LogP) is 4.20. The summed E-state index contributed by atoms with van der Waals surface area (Å²) in [5.74, 6) is -1.27. The number of alkyl halides is 3. The van der Waals surface area contributed by atoms with Crippen molar-refractivity contribution in [2.75, 3.05) is 11.9 Å². The van der Waals surface area contributed by atoms with Crippen LogP contribution in [0.1, 0.15) is 32.2 Å². The number of aromatic nitrogens is 3. The maximum atomic E-state index is 12.9. The average molecular weight is 410 g/mol. The number of benzene rings is 1. The van der Waals surface area contributed by atoms with Gasteiger partial charge >= 0.3 is 6.18 Å². The Morgan fingerprint density at radius 3 is 2.43 bits per heavy atom. The minimum atomic E-state index is -4.59. The van der Waals surface area contributed by atoms with E-state index in [0.717, 1.165) is 33.3 Å². The molecule has 1 aliphatic heterocycles. The van der Waals surface area contributed by atoms with Gasteiger partial charge in [-0.15, -0.1) is 10.2 Å². The van der Waals surface area contributed by atoms with Gasteiger partial charge in [0, 0.05) is 37.0 Å². The van der Waals surface area contributed by atoms with E-state index in [1.54, 1.807) is 13.0 Å². The molecule has 0 fully saturated rings. The minimum Gasteiger partial charge on any atom is -0.347 e. The Balaban J connectivity index is 1.83. The smallest absolute Gasteiger partial charge is 0.347 e. The molecule has 1 aromatic carbocycles. The fraction of sp³-hybridized carbons (Fsp3) is 0.421. The van der Waals surface area contributed by atoms with Crippen molar-refractivity contribution in [3.63, 3.8) is 0 Å². The Hall–Kier alpha value is -2.29. The minimum absolute atomic E-state index is 0.0499. The number of carbonyl (C=O) groups is 1. The maximum absolute atomic E-state index is 12.9. The number of hydrogen-bond acceptors (Lipinski definition) is 5. The Bertz CT molecular complexity index is 949. The Morgan fingerprint density at radius 1 is 1.21 bits per heavy atom. The van der Waals surface area contributed by atoms with Crippen LogP contribution in [-0.4, -0.2) is 32.8 Å². The summed E-state index contributed by atoms with van der Waals surface area (Å²) >= 11 is 0.961. The zero-order valence-corrected chi connectivity index (χ0v) is 17.0. The Labute approximate surface area is 165 Å². The van der Waals surface area contributed by atoms with Crippen LogP contribution >= 0.6 is 11.8 Å². The number of likely N-dealkylation sites (N-methyl/N-ethyl adjacent to an activating group) is 1. The van der Waals surface area contributed by atoms with E-state index in [-0.39, 0.29) is 16.4 Å². The second kappa shape index (κ2) is 6.95. The first-order valence-corrected chi connectivity index (χ1v) is 9.55.